The number of amides is 1. The zero-order chi connectivity index (χ0) is 21.6. The molecule has 30 heavy (non-hydrogen) atoms. The predicted octanol–water partition coefficient (Wildman–Crippen LogP) is 3.21. The van der Waals surface area contributed by atoms with Gasteiger partial charge in [0.1, 0.15) is 5.75 Å². The second kappa shape index (κ2) is 10.1. The molecule has 2 aromatic carbocycles. The van der Waals surface area contributed by atoms with Crippen LogP contribution in [0, 0.1) is 0 Å². The predicted molar refractivity (Wildman–Crippen MR) is 117 cm³/mol. The Morgan fingerprint density at radius 1 is 1.03 bits per heavy atom. The summed E-state index contributed by atoms with van der Waals surface area (Å²) < 4.78 is 32.2. The summed E-state index contributed by atoms with van der Waals surface area (Å²) in [6, 6.07) is 14.9. The number of sulfonamides is 1. The van der Waals surface area contributed by atoms with E-state index in [4.69, 9.17) is 4.74 Å². The van der Waals surface area contributed by atoms with Gasteiger partial charge in [0.25, 0.3) is 0 Å². The van der Waals surface area contributed by atoms with Gasteiger partial charge in [-0.15, -0.1) is 0 Å². The monoisotopic (exact) mass is 430 g/mol. The fourth-order valence-electron chi connectivity index (χ4n) is 3.18. The number of aryl methyl sites for hydroxylation is 2. The summed E-state index contributed by atoms with van der Waals surface area (Å²) in [5, 5.41) is 3.04. The van der Waals surface area contributed by atoms with Gasteiger partial charge in [-0.05, 0) is 74.4 Å². The highest BCUT2D eigenvalue weighted by atomic mass is 32.2. The van der Waals surface area contributed by atoms with Gasteiger partial charge in [0.15, 0.2) is 0 Å². The molecule has 0 bridgehead atoms. The first-order chi connectivity index (χ1) is 14.4. The second-order valence-corrected chi connectivity index (χ2v) is 9.61. The van der Waals surface area contributed by atoms with Crippen molar-refractivity contribution in [2.75, 3.05) is 7.11 Å². The summed E-state index contributed by atoms with van der Waals surface area (Å²) in [6.07, 6.45) is 4.51. The van der Waals surface area contributed by atoms with Crippen molar-refractivity contribution in [2.24, 2.45) is 0 Å². The maximum atomic E-state index is 12.2. The molecule has 162 valence electrons. The van der Waals surface area contributed by atoms with Gasteiger partial charge in [0, 0.05) is 18.5 Å². The number of ether oxygens (including phenoxy) is 1. The molecule has 0 radical (unpaired) electrons. The topological polar surface area (TPSA) is 84.5 Å². The highest BCUT2D eigenvalue weighted by molar-refractivity contribution is 7.89. The molecule has 1 saturated carbocycles. The van der Waals surface area contributed by atoms with Crippen molar-refractivity contribution < 1.29 is 17.9 Å². The summed E-state index contributed by atoms with van der Waals surface area (Å²) in [5.74, 6) is 0.842. The first-order valence-electron chi connectivity index (χ1n) is 10.4. The van der Waals surface area contributed by atoms with Gasteiger partial charge < -0.3 is 10.1 Å². The number of benzene rings is 2. The highest BCUT2D eigenvalue weighted by Crippen LogP contribution is 2.22. The average Bonchev–Trinajstić information content (AvgIpc) is 3.55. The Labute approximate surface area is 179 Å². The van der Waals surface area contributed by atoms with Gasteiger partial charge in [-0.2, -0.15) is 0 Å². The Balaban J connectivity index is 1.40. The lowest BCUT2D eigenvalue weighted by Crippen LogP contribution is -2.33. The van der Waals surface area contributed by atoms with Crippen LogP contribution in [0.1, 0.15) is 43.7 Å². The SMILES string of the molecule is COc1ccc(CCC(C)NC(=O)CCc2ccc(S(=O)(=O)NC3CC3)cc2)cc1. The maximum absolute atomic E-state index is 12.2. The minimum atomic E-state index is -3.43. The normalized spacial score (nSPS) is 14.9. The molecule has 0 aliphatic heterocycles. The van der Waals surface area contributed by atoms with Crippen LogP contribution in [0.5, 0.6) is 5.75 Å². The van der Waals surface area contributed by atoms with E-state index in [1.165, 1.54) is 5.56 Å². The fraction of sp³-hybridized carbons (Fsp3) is 0.435. The van der Waals surface area contributed by atoms with Crippen LogP contribution in [-0.2, 0) is 27.7 Å². The molecule has 3 rings (SSSR count). The Morgan fingerprint density at radius 3 is 2.23 bits per heavy atom. The number of methoxy groups -OCH3 is 1. The molecular formula is C23H30N2O4S. The summed E-state index contributed by atoms with van der Waals surface area (Å²) >= 11 is 0. The Morgan fingerprint density at radius 2 is 1.63 bits per heavy atom. The van der Waals surface area contributed by atoms with Crippen molar-refractivity contribution in [3.8, 4) is 5.75 Å². The zero-order valence-corrected chi connectivity index (χ0v) is 18.4. The van der Waals surface area contributed by atoms with Crippen molar-refractivity contribution in [3.63, 3.8) is 0 Å². The van der Waals surface area contributed by atoms with Crippen LogP contribution in [0.3, 0.4) is 0 Å². The number of hydrogen-bond donors (Lipinski definition) is 2. The molecule has 1 fully saturated rings. The van der Waals surface area contributed by atoms with Crippen molar-refractivity contribution >= 4 is 15.9 Å². The van der Waals surface area contributed by atoms with Gasteiger partial charge in [0.05, 0.1) is 12.0 Å². The van der Waals surface area contributed by atoms with Gasteiger partial charge in [-0.1, -0.05) is 24.3 Å². The van der Waals surface area contributed by atoms with Gasteiger partial charge in [-0.25, -0.2) is 13.1 Å². The molecule has 0 aromatic heterocycles. The first-order valence-corrected chi connectivity index (χ1v) is 11.9. The quantitative estimate of drug-likeness (QED) is 0.573. The molecule has 1 atom stereocenters. The zero-order valence-electron chi connectivity index (χ0n) is 17.6. The van der Waals surface area contributed by atoms with Crippen LogP contribution >= 0.6 is 0 Å². The van der Waals surface area contributed by atoms with Gasteiger partial charge >= 0.3 is 0 Å². The van der Waals surface area contributed by atoms with Crippen LogP contribution in [0.2, 0.25) is 0 Å². The minimum Gasteiger partial charge on any atom is -0.497 e. The van der Waals surface area contributed by atoms with E-state index >= 15 is 0 Å². The third kappa shape index (κ3) is 6.85. The van der Waals surface area contributed by atoms with E-state index in [0.717, 1.165) is 37.0 Å². The number of carbonyl (C=O) groups is 1. The van der Waals surface area contributed by atoms with E-state index in [0.29, 0.717) is 12.8 Å². The smallest absolute Gasteiger partial charge is 0.240 e. The van der Waals surface area contributed by atoms with Crippen LogP contribution in [0.4, 0.5) is 0 Å². The number of carbonyl (C=O) groups excluding carboxylic acids is 1. The lowest BCUT2D eigenvalue weighted by molar-refractivity contribution is -0.121. The van der Waals surface area contributed by atoms with E-state index in [1.807, 2.05) is 31.2 Å². The van der Waals surface area contributed by atoms with Crippen LogP contribution in [0.15, 0.2) is 53.4 Å². The van der Waals surface area contributed by atoms with E-state index in [1.54, 1.807) is 31.4 Å². The van der Waals surface area contributed by atoms with Gasteiger partial charge in [-0.3, -0.25) is 4.79 Å². The molecule has 1 amide bonds. The fourth-order valence-corrected chi connectivity index (χ4v) is 4.48. The number of rotatable bonds is 11. The van der Waals surface area contributed by atoms with Crippen LogP contribution in [0.25, 0.3) is 0 Å². The van der Waals surface area contributed by atoms with E-state index in [2.05, 4.69) is 10.0 Å². The molecule has 1 aliphatic rings. The molecule has 0 spiro atoms. The minimum absolute atomic E-state index is 0.00401. The average molecular weight is 431 g/mol. The summed E-state index contributed by atoms with van der Waals surface area (Å²) in [6.45, 7) is 2.01. The van der Waals surface area contributed by atoms with Crippen LogP contribution < -0.4 is 14.8 Å². The molecule has 1 unspecified atom stereocenters. The molecule has 2 aromatic rings. The largest absolute Gasteiger partial charge is 0.497 e. The van der Waals surface area contributed by atoms with E-state index < -0.39 is 10.0 Å². The summed E-state index contributed by atoms with van der Waals surface area (Å²) in [7, 11) is -1.78. The Bertz CT molecular complexity index is 936. The van der Waals surface area contributed by atoms with Crippen molar-refractivity contribution in [2.45, 2.75) is 62.4 Å². The van der Waals surface area contributed by atoms with Crippen molar-refractivity contribution in [3.05, 3.63) is 59.7 Å². The summed E-state index contributed by atoms with van der Waals surface area (Å²) in [5.41, 5.74) is 2.16. The standard InChI is InChI=1S/C23H30N2O4S/c1-17(3-4-18-5-12-21(29-2)13-6-18)24-23(26)16-9-19-7-14-22(15-8-19)30(27,28)25-20-10-11-20/h5-8,12-15,17,20,25H,3-4,9-11,16H2,1-2H3,(H,24,26). The van der Waals surface area contributed by atoms with E-state index in [9.17, 15) is 13.2 Å². The Hall–Kier alpha value is -2.38. The third-order valence-electron chi connectivity index (χ3n) is 5.21. The molecule has 1 aliphatic carbocycles. The maximum Gasteiger partial charge on any atom is 0.240 e. The first kappa shape index (κ1) is 22.3. The highest BCUT2D eigenvalue weighted by Gasteiger charge is 2.27. The molecular weight excluding hydrogens is 400 g/mol. The molecule has 0 heterocycles. The summed E-state index contributed by atoms with van der Waals surface area (Å²) in [4.78, 5) is 12.5. The van der Waals surface area contributed by atoms with Crippen molar-refractivity contribution in [1.82, 2.24) is 10.0 Å². The van der Waals surface area contributed by atoms with E-state index in [-0.39, 0.29) is 22.9 Å². The van der Waals surface area contributed by atoms with Crippen molar-refractivity contribution in [1.29, 1.82) is 0 Å². The van der Waals surface area contributed by atoms with Gasteiger partial charge in [0.2, 0.25) is 15.9 Å². The number of nitrogens with one attached hydrogen (secondary N) is 2. The molecule has 0 saturated heterocycles. The number of hydrogen-bond acceptors (Lipinski definition) is 4. The molecule has 6 nitrogen and oxygen atoms in total. The van der Waals surface area contributed by atoms with Crippen LogP contribution in [-0.4, -0.2) is 33.5 Å². The lowest BCUT2D eigenvalue weighted by atomic mass is 10.1. The lowest BCUT2D eigenvalue weighted by Gasteiger charge is -2.14. The Kier molecular flexibility index (Phi) is 7.50. The molecule has 2 N–H and O–H groups in total. The second-order valence-electron chi connectivity index (χ2n) is 7.89. The third-order valence-corrected chi connectivity index (χ3v) is 6.74. The molecule has 7 heteroatoms.